The smallest absolute Gasteiger partial charge is 0.361 e. The van der Waals surface area contributed by atoms with Gasteiger partial charge in [0.2, 0.25) is 0 Å². The van der Waals surface area contributed by atoms with Crippen LogP contribution in [0.4, 0.5) is 0 Å². The second-order valence-electron chi connectivity index (χ2n) is 5.67. The van der Waals surface area contributed by atoms with E-state index in [1.807, 2.05) is 42.5 Å². The lowest BCUT2D eigenvalue weighted by Gasteiger charge is -2.02. The van der Waals surface area contributed by atoms with E-state index in [-0.39, 0.29) is 24.0 Å². The highest BCUT2D eigenvalue weighted by atomic mass is 127. The van der Waals surface area contributed by atoms with Crippen molar-refractivity contribution in [1.82, 2.24) is 0 Å². The van der Waals surface area contributed by atoms with Gasteiger partial charge in [0.1, 0.15) is 0 Å². The maximum absolute atomic E-state index is 6.21. The summed E-state index contributed by atoms with van der Waals surface area (Å²) in [5, 5.41) is 0. The van der Waals surface area contributed by atoms with Crippen LogP contribution >= 0.6 is 0 Å². The molecule has 2 heteroatoms. The van der Waals surface area contributed by atoms with Gasteiger partial charge in [-0.3, -0.25) is 0 Å². The average Bonchev–Trinajstić information content (AvgIpc) is 2.70. The first-order chi connectivity index (χ1) is 11.9. The first-order valence-corrected chi connectivity index (χ1v) is 8.04. The molecule has 1 nitrogen and oxygen atoms in total. The van der Waals surface area contributed by atoms with Crippen molar-refractivity contribution in [2.24, 2.45) is 0 Å². The Kier molecular flexibility index (Phi) is 5.61. The van der Waals surface area contributed by atoms with E-state index in [0.29, 0.717) is 0 Å². The summed E-state index contributed by atoms with van der Waals surface area (Å²) in [6, 6.07) is 35.1. The van der Waals surface area contributed by atoms with Crippen molar-refractivity contribution in [3.8, 4) is 33.8 Å². The third-order valence-corrected chi connectivity index (χ3v) is 4.02. The molecule has 0 aliphatic carbocycles. The first-order valence-electron chi connectivity index (χ1n) is 8.04. The topological polar surface area (TPSA) is 11.3 Å². The zero-order valence-electron chi connectivity index (χ0n) is 13.6. The van der Waals surface area contributed by atoms with Gasteiger partial charge in [0.25, 0.3) is 0 Å². The molecule has 0 radical (unpaired) electrons. The molecule has 4 rings (SSSR count). The van der Waals surface area contributed by atoms with E-state index in [9.17, 15) is 0 Å². The van der Waals surface area contributed by atoms with Gasteiger partial charge in [0.05, 0.1) is 23.3 Å². The summed E-state index contributed by atoms with van der Waals surface area (Å²) in [5.74, 6) is 1.74. The minimum Gasteiger partial charge on any atom is -1.00 e. The van der Waals surface area contributed by atoms with Crippen molar-refractivity contribution in [3.63, 3.8) is 0 Å². The first kappa shape index (κ1) is 17.4. The fraction of sp³-hybridized carbons (Fsp3) is 0. The van der Waals surface area contributed by atoms with Crippen molar-refractivity contribution >= 4 is 0 Å². The Morgan fingerprint density at radius 2 is 0.760 bits per heavy atom. The van der Waals surface area contributed by atoms with E-state index < -0.39 is 0 Å². The van der Waals surface area contributed by atoms with Crippen molar-refractivity contribution < 1.29 is 28.4 Å². The molecule has 0 spiro atoms. The predicted molar refractivity (Wildman–Crippen MR) is 99.4 cm³/mol. The number of hydrogen-bond donors (Lipinski definition) is 0. The third-order valence-electron chi connectivity index (χ3n) is 4.02. The Labute approximate surface area is 165 Å². The van der Waals surface area contributed by atoms with Gasteiger partial charge in [0, 0.05) is 5.56 Å². The Morgan fingerprint density at radius 1 is 0.400 bits per heavy atom. The number of rotatable bonds is 3. The molecule has 0 bridgehead atoms. The van der Waals surface area contributed by atoms with Crippen LogP contribution in [-0.4, -0.2) is 0 Å². The minimum atomic E-state index is 0. The van der Waals surface area contributed by atoms with Crippen molar-refractivity contribution in [2.75, 3.05) is 0 Å². The van der Waals surface area contributed by atoms with Gasteiger partial charge in [-0.15, -0.1) is 0 Å². The molecule has 0 saturated heterocycles. The Bertz CT molecular complexity index is 796. The standard InChI is InChI=1S/C23H17O.HI/c1-4-10-18(11-5-1)21-16-22(19-12-6-2-7-13-19)24-23(17-21)20-14-8-3-9-15-20;/h1-17H;1H/q+1;/p-1. The van der Waals surface area contributed by atoms with Crippen molar-refractivity contribution in [1.29, 1.82) is 0 Å². The minimum absolute atomic E-state index is 0. The molecule has 122 valence electrons. The number of halogens is 1. The van der Waals surface area contributed by atoms with E-state index in [2.05, 4.69) is 60.7 Å². The van der Waals surface area contributed by atoms with Crippen LogP contribution in [0.3, 0.4) is 0 Å². The van der Waals surface area contributed by atoms with Crippen LogP contribution in [0.15, 0.2) is 108 Å². The van der Waals surface area contributed by atoms with E-state index in [1.54, 1.807) is 0 Å². The summed E-state index contributed by atoms with van der Waals surface area (Å²) in [6.45, 7) is 0. The molecule has 0 N–H and O–H groups in total. The molecule has 1 aromatic heterocycles. The van der Waals surface area contributed by atoms with E-state index in [4.69, 9.17) is 4.42 Å². The maximum Gasteiger partial charge on any atom is 0.361 e. The normalized spacial score (nSPS) is 10.1. The van der Waals surface area contributed by atoms with Gasteiger partial charge in [-0.2, -0.15) is 0 Å². The molecule has 0 aliphatic rings. The van der Waals surface area contributed by atoms with Gasteiger partial charge in [-0.25, -0.2) is 4.42 Å². The summed E-state index contributed by atoms with van der Waals surface area (Å²) in [7, 11) is 0. The van der Waals surface area contributed by atoms with Gasteiger partial charge < -0.3 is 24.0 Å². The molecule has 25 heavy (non-hydrogen) atoms. The molecular formula is C23H17IO. The van der Waals surface area contributed by atoms with Crippen LogP contribution in [0, 0.1) is 0 Å². The molecule has 0 fully saturated rings. The van der Waals surface area contributed by atoms with Gasteiger partial charge >= 0.3 is 11.5 Å². The van der Waals surface area contributed by atoms with Crippen LogP contribution in [0.1, 0.15) is 0 Å². The molecule has 4 aromatic rings. The van der Waals surface area contributed by atoms with Crippen molar-refractivity contribution in [2.45, 2.75) is 0 Å². The highest BCUT2D eigenvalue weighted by Crippen LogP contribution is 2.32. The molecular weight excluding hydrogens is 419 g/mol. The van der Waals surface area contributed by atoms with Gasteiger partial charge in [0.15, 0.2) is 0 Å². The monoisotopic (exact) mass is 436 g/mol. The Morgan fingerprint density at radius 3 is 1.16 bits per heavy atom. The van der Waals surface area contributed by atoms with Crippen LogP contribution in [0.5, 0.6) is 0 Å². The lowest BCUT2D eigenvalue weighted by Crippen LogP contribution is -3.00. The van der Waals surface area contributed by atoms with E-state index in [0.717, 1.165) is 28.2 Å². The Balaban J connectivity index is 0.00000182. The molecule has 0 amide bonds. The van der Waals surface area contributed by atoms with Gasteiger partial charge in [-0.05, 0) is 29.8 Å². The molecule has 0 saturated carbocycles. The largest absolute Gasteiger partial charge is 1.00 e. The molecule has 0 unspecified atom stereocenters. The second-order valence-corrected chi connectivity index (χ2v) is 5.67. The molecule has 0 atom stereocenters. The van der Waals surface area contributed by atoms with E-state index >= 15 is 0 Å². The van der Waals surface area contributed by atoms with Crippen LogP contribution < -0.4 is 24.0 Å². The lowest BCUT2D eigenvalue weighted by molar-refractivity contribution is -0.00000511. The summed E-state index contributed by atoms with van der Waals surface area (Å²) < 4.78 is 6.21. The Hall–Kier alpha value is -2.46. The summed E-state index contributed by atoms with van der Waals surface area (Å²) in [6.07, 6.45) is 0. The van der Waals surface area contributed by atoms with Gasteiger partial charge in [-0.1, -0.05) is 66.7 Å². The van der Waals surface area contributed by atoms with Crippen LogP contribution in [-0.2, 0) is 0 Å². The lowest BCUT2D eigenvalue weighted by atomic mass is 10.0. The number of hydrogen-bond acceptors (Lipinski definition) is 0. The highest BCUT2D eigenvalue weighted by molar-refractivity contribution is 5.74. The summed E-state index contributed by atoms with van der Waals surface area (Å²) >= 11 is 0. The predicted octanol–water partition coefficient (Wildman–Crippen LogP) is 3.57. The maximum atomic E-state index is 6.21. The zero-order chi connectivity index (χ0) is 16.2. The second kappa shape index (κ2) is 8.08. The summed E-state index contributed by atoms with van der Waals surface area (Å²) in [4.78, 5) is 0. The fourth-order valence-corrected chi connectivity index (χ4v) is 2.79. The highest BCUT2D eigenvalue weighted by Gasteiger charge is 2.20. The molecule has 3 aromatic carbocycles. The SMILES string of the molecule is [I-].c1ccc(-c2cc(-c3ccccc3)[o+]c(-c3ccccc3)c2)cc1. The average molecular weight is 436 g/mol. The van der Waals surface area contributed by atoms with E-state index in [1.165, 1.54) is 5.56 Å². The van der Waals surface area contributed by atoms with Crippen LogP contribution in [0.2, 0.25) is 0 Å². The fourth-order valence-electron chi connectivity index (χ4n) is 2.79. The molecule has 0 aliphatic heterocycles. The zero-order valence-corrected chi connectivity index (χ0v) is 15.8. The third kappa shape index (κ3) is 3.97. The molecule has 1 heterocycles. The van der Waals surface area contributed by atoms with Crippen LogP contribution in [0.25, 0.3) is 33.8 Å². The number of benzene rings is 3. The van der Waals surface area contributed by atoms with Crippen molar-refractivity contribution in [3.05, 3.63) is 103 Å². The quantitative estimate of drug-likeness (QED) is 0.353. The summed E-state index contributed by atoms with van der Waals surface area (Å²) in [5.41, 5.74) is 4.49.